The lowest BCUT2D eigenvalue weighted by atomic mass is 10.1. The summed E-state index contributed by atoms with van der Waals surface area (Å²) in [4.78, 5) is 18.6. The predicted octanol–water partition coefficient (Wildman–Crippen LogP) is 2.97. The summed E-state index contributed by atoms with van der Waals surface area (Å²) in [6.45, 7) is 5.94. The van der Waals surface area contributed by atoms with Crippen LogP contribution in [0.2, 0.25) is 0 Å². The predicted molar refractivity (Wildman–Crippen MR) is 130 cm³/mol. The van der Waals surface area contributed by atoms with Crippen LogP contribution in [-0.2, 0) is 6.54 Å². The van der Waals surface area contributed by atoms with Gasteiger partial charge in [-0.3, -0.25) is 9.80 Å². The second-order valence-electron chi connectivity index (χ2n) is 8.74. The number of pyridine rings is 1. The van der Waals surface area contributed by atoms with Crippen LogP contribution >= 0.6 is 0 Å². The lowest BCUT2D eigenvalue weighted by Crippen LogP contribution is -2.51. The number of benzene rings is 1. The van der Waals surface area contributed by atoms with Crippen molar-refractivity contribution in [3.05, 3.63) is 60.4 Å². The molecule has 8 bridgehead atoms. The van der Waals surface area contributed by atoms with Gasteiger partial charge in [-0.15, -0.1) is 0 Å². The smallest absolute Gasteiger partial charge is 0.227 e. The number of aliphatic hydroxyl groups is 1. The Morgan fingerprint density at radius 2 is 1.94 bits per heavy atom. The maximum absolute atomic E-state index is 9.97. The third-order valence-corrected chi connectivity index (χ3v) is 6.46. The number of aromatic nitrogens is 3. The van der Waals surface area contributed by atoms with Gasteiger partial charge in [0.1, 0.15) is 5.82 Å². The Bertz CT molecular complexity index is 1050. The number of hydrogen-bond acceptors (Lipinski definition) is 8. The maximum atomic E-state index is 9.97. The topological polar surface area (TPSA) is 89.4 Å². The molecule has 33 heavy (non-hydrogen) atoms. The highest BCUT2D eigenvalue weighted by molar-refractivity contribution is 5.62. The molecule has 8 rings (SSSR count). The summed E-state index contributed by atoms with van der Waals surface area (Å²) in [5.41, 5.74) is 4.02. The summed E-state index contributed by atoms with van der Waals surface area (Å²) in [6.07, 6.45) is 5.57. The molecule has 1 aromatic carbocycles. The zero-order chi connectivity index (χ0) is 22.5. The zero-order valence-corrected chi connectivity index (χ0v) is 18.8. The van der Waals surface area contributed by atoms with Gasteiger partial charge in [-0.2, -0.15) is 0 Å². The molecule has 0 spiro atoms. The molecule has 1 unspecified atom stereocenters. The maximum Gasteiger partial charge on any atom is 0.227 e. The standard InChI is InChI=1S/C25H31N7O/c33-18-22-5-2-9-26-24-7-6-20(16-28-24)23-8-10-27-25(30-23)29-21-4-1-3-19(15-21)17-31-11-13-32(22)14-12-31/h1,3-4,6-8,10,15-16,22,33H,2,5,9,11-14,17-18H2,(H,26,28)(H,27,29,30). The van der Waals surface area contributed by atoms with Gasteiger partial charge in [0.05, 0.1) is 12.3 Å². The van der Waals surface area contributed by atoms with Gasteiger partial charge in [-0.25, -0.2) is 15.0 Å². The van der Waals surface area contributed by atoms with Crippen molar-refractivity contribution in [1.82, 2.24) is 24.8 Å². The third kappa shape index (κ3) is 5.47. The van der Waals surface area contributed by atoms with E-state index < -0.39 is 0 Å². The van der Waals surface area contributed by atoms with Gasteiger partial charge < -0.3 is 15.7 Å². The van der Waals surface area contributed by atoms with Crippen LogP contribution in [0.15, 0.2) is 54.9 Å². The highest BCUT2D eigenvalue weighted by atomic mass is 16.3. The van der Waals surface area contributed by atoms with E-state index in [0.29, 0.717) is 5.95 Å². The second-order valence-corrected chi connectivity index (χ2v) is 8.74. The third-order valence-electron chi connectivity index (χ3n) is 6.46. The van der Waals surface area contributed by atoms with E-state index in [0.717, 1.165) is 74.9 Å². The highest BCUT2D eigenvalue weighted by Crippen LogP contribution is 2.22. The van der Waals surface area contributed by atoms with Crippen LogP contribution in [0.1, 0.15) is 18.4 Å². The minimum absolute atomic E-state index is 0.209. The Morgan fingerprint density at radius 1 is 1.03 bits per heavy atom. The first kappa shape index (κ1) is 21.8. The molecule has 172 valence electrons. The van der Waals surface area contributed by atoms with Crippen molar-refractivity contribution in [3.8, 4) is 11.3 Å². The quantitative estimate of drug-likeness (QED) is 0.527. The van der Waals surface area contributed by atoms with Gasteiger partial charge in [0.15, 0.2) is 0 Å². The summed E-state index contributed by atoms with van der Waals surface area (Å²) in [6, 6.07) is 14.6. The number of hydrogen-bond donors (Lipinski definition) is 3. The molecule has 8 heteroatoms. The van der Waals surface area contributed by atoms with Crippen molar-refractivity contribution >= 4 is 17.5 Å². The van der Waals surface area contributed by atoms with Crippen molar-refractivity contribution in [2.45, 2.75) is 25.4 Å². The van der Waals surface area contributed by atoms with Gasteiger partial charge in [0.2, 0.25) is 5.95 Å². The molecule has 2 aromatic heterocycles. The van der Waals surface area contributed by atoms with Crippen LogP contribution in [0.3, 0.4) is 0 Å². The number of piperazine rings is 1. The van der Waals surface area contributed by atoms with Crippen LogP contribution in [0.25, 0.3) is 11.3 Å². The Labute approximate surface area is 194 Å². The molecule has 8 nitrogen and oxygen atoms in total. The van der Waals surface area contributed by atoms with E-state index in [1.165, 1.54) is 5.56 Å². The van der Waals surface area contributed by atoms with Crippen molar-refractivity contribution in [2.24, 2.45) is 0 Å². The van der Waals surface area contributed by atoms with E-state index in [9.17, 15) is 5.11 Å². The largest absolute Gasteiger partial charge is 0.395 e. The number of rotatable bonds is 1. The van der Waals surface area contributed by atoms with Gasteiger partial charge in [-0.1, -0.05) is 12.1 Å². The molecule has 5 aliphatic rings. The number of nitrogens with zero attached hydrogens (tertiary/aromatic N) is 5. The molecule has 1 saturated heterocycles. The minimum atomic E-state index is 0.209. The summed E-state index contributed by atoms with van der Waals surface area (Å²) in [7, 11) is 0. The van der Waals surface area contributed by atoms with Crippen LogP contribution < -0.4 is 10.6 Å². The average molecular weight is 446 g/mol. The minimum Gasteiger partial charge on any atom is -0.395 e. The fourth-order valence-corrected chi connectivity index (χ4v) is 4.59. The molecule has 0 saturated carbocycles. The van der Waals surface area contributed by atoms with E-state index in [1.54, 1.807) is 6.20 Å². The fraction of sp³-hybridized carbons (Fsp3) is 0.400. The summed E-state index contributed by atoms with van der Waals surface area (Å²) < 4.78 is 0. The van der Waals surface area contributed by atoms with Crippen molar-refractivity contribution in [1.29, 1.82) is 0 Å². The molecular formula is C25H31N7O. The highest BCUT2D eigenvalue weighted by Gasteiger charge is 2.23. The van der Waals surface area contributed by atoms with Crippen molar-refractivity contribution in [3.63, 3.8) is 0 Å². The van der Waals surface area contributed by atoms with Crippen molar-refractivity contribution < 1.29 is 5.11 Å². The Balaban J connectivity index is 1.40. The zero-order valence-electron chi connectivity index (χ0n) is 18.8. The number of anilines is 3. The molecule has 1 fully saturated rings. The SMILES string of the molecule is OCC1CCCNc2ccc(cn2)-c2ccnc(n2)Nc2cccc(c2)CN2CCN1CC2. The monoisotopic (exact) mass is 445 g/mol. The molecule has 3 N–H and O–H groups in total. The lowest BCUT2D eigenvalue weighted by Gasteiger charge is -2.39. The van der Waals surface area contributed by atoms with E-state index in [1.807, 2.05) is 30.5 Å². The molecule has 7 heterocycles. The molecule has 0 aliphatic carbocycles. The first-order chi connectivity index (χ1) is 16.3. The second kappa shape index (κ2) is 10.2. The normalized spacial score (nSPS) is 23.2. The van der Waals surface area contributed by atoms with Gasteiger partial charge in [-0.05, 0) is 48.7 Å². The van der Waals surface area contributed by atoms with Gasteiger partial charge >= 0.3 is 0 Å². The number of nitrogens with one attached hydrogen (secondary N) is 2. The molecule has 0 amide bonds. The van der Waals surface area contributed by atoms with Crippen LogP contribution in [-0.4, -0.2) is 75.2 Å². The van der Waals surface area contributed by atoms with Crippen LogP contribution in [0.4, 0.5) is 17.5 Å². The molecule has 5 aliphatic heterocycles. The van der Waals surface area contributed by atoms with Crippen LogP contribution in [0, 0.1) is 0 Å². The van der Waals surface area contributed by atoms with Gasteiger partial charge in [0.25, 0.3) is 0 Å². The fourth-order valence-electron chi connectivity index (χ4n) is 4.59. The summed E-state index contributed by atoms with van der Waals surface area (Å²) in [5, 5.41) is 16.7. The van der Waals surface area contributed by atoms with E-state index >= 15 is 0 Å². The van der Waals surface area contributed by atoms with Gasteiger partial charge in [0, 0.05) is 69.0 Å². The van der Waals surface area contributed by atoms with Crippen LogP contribution in [0.5, 0.6) is 0 Å². The Hall–Kier alpha value is -3.07. The summed E-state index contributed by atoms with van der Waals surface area (Å²) in [5.74, 6) is 1.42. The average Bonchev–Trinajstić information content (AvgIpc) is 2.85. The van der Waals surface area contributed by atoms with Crippen molar-refractivity contribution in [2.75, 3.05) is 50.0 Å². The molecular weight excluding hydrogens is 414 g/mol. The first-order valence-electron chi connectivity index (χ1n) is 11.7. The Kier molecular flexibility index (Phi) is 6.76. The van der Waals surface area contributed by atoms with E-state index in [2.05, 4.69) is 53.6 Å². The first-order valence-corrected chi connectivity index (χ1v) is 11.7. The number of aliphatic hydroxyl groups excluding tert-OH is 1. The van der Waals surface area contributed by atoms with E-state index in [4.69, 9.17) is 0 Å². The Morgan fingerprint density at radius 3 is 2.76 bits per heavy atom. The van der Waals surface area contributed by atoms with E-state index in [-0.39, 0.29) is 12.6 Å². The lowest BCUT2D eigenvalue weighted by molar-refractivity contribution is 0.0582. The summed E-state index contributed by atoms with van der Waals surface area (Å²) >= 11 is 0. The molecule has 1 atom stereocenters. The molecule has 0 radical (unpaired) electrons. The molecule has 3 aromatic rings.